The molecule has 16 heavy (non-hydrogen) atoms. The second-order valence-corrected chi connectivity index (χ2v) is 6.04. The van der Waals surface area contributed by atoms with Gasteiger partial charge in [0.15, 0.2) is 0 Å². The van der Waals surface area contributed by atoms with Gasteiger partial charge in [-0.05, 0) is 37.9 Å². The van der Waals surface area contributed by atoms with Crippen LogP contribution in [0.4, 0.5) is 0 Å². The Morgan fingerprint density at radius 2 is 2.31 bits per heavy atom. The van der Waals surface area contributed by atoms with Crippen molar-refractivity contribution in [3.8, 4) is 0 Å². The van der Waals surface area contributed by atoms with Crippen LogP contribution in [0.25, 0.3) is 0 Å². The number of aromatic nitrogens is 1. The van der Waals surface area contributed by atoms with E-state index >= 15 is 0 Å². The average molecular weight is 366 g/mol. The molecule has 0 aromatic carbocycles. The first-order chi connectivity index (χ1) is 7.74. The largest absolute Gasteiger partial charge is 0.310 e. The molecular formula is C11H14Br2N2S. The first kappa shape index (κ1) is 14.2. The van der Waals surface area contributed by atoms with Crippen molar-refractivity contribution in [2.24, 2.45) is 0 Å². The average Bonchev–Trinajstić information content (AvgIpc) is 2.26. The molecule has 1 aromatic heterocycles. The summed E-state index contributed by atoms with van der Waals surface area (Å²) in [5.74, 6) is 2.11. The van der Waals surface area contributed by atoms with Crippen LogP contribution < -0.4 is 5.32 Å². The minimum absolute atomic E-state index is 0.794. The van der Waals surface area contributed by atoms with Crippen molar-refractivity contribution < 1.29 is 0 Å². The summed E-state index contributed by atoms with van der Waals surface area (Å²) in [4.78, 5) is 4.33. The second-order valence-electron chi connectivity index (χ2n) is 3.12. The molecule has 88 valence electrons. The molecule has 0 unspecified atom stereocenters. The summed E-state index contributed by atoms with van der Waals surface area (Å²) in [5, 5.41) is 3.36. The Morgan fingerprint density at radius 3 is 3.00 bits per heavy atom. The quantitative estimate of drug-likeness (QED) is 0.590. The van der Waals surface area contributed by atoms with Crippen molar-refractivity contribution in [1.82, 2.24) is 10.3 Å². The summed E-state index contributed by atoms with van der Waals surface area (Å²) in [7, 11) is 0. The Hall–Kier alpha value is 0.160. The molecular weight excluding hydrogens is 352 g/mol. The van der Waals surface area contributed by atoms with Crippen LogP contribution in [0.1, 0.15) is 5.69 Å². The Labute approximate surface area is 118 Å². The zero-order valence-corrected chi connectivity index (χ0v) is 12.9. The number of thioether (sulfide) groups is 1. The minimum Gasteiger partial charge on any atom is -0.310 e. The lowest BCUT2D eigenvalue weighted by Gasteiger charge is -2.05. The second kappa shape index (κ2) is 8.28. The van der Waals surface area contributed by atoms with Gasteiger partial charge < -0.3 is 5.32 Å². The van der Waals surface area contributed by atoms with Crippen LogP contribution in [0, 0.1) is 0 Å². The highest BCUT2D eigenvalue weighted by molar-refractivity contribution is 9.11. The van der Waals surface area contributed by atoms with E-state index in [0.29, 0.717) is 0 Å². The fourth-order valence-corrected chi connectivity index (χ4v) is 2.84. The molecule has 2 nitrogen and oxygen atoms in total. The van der Waals surface area contributed by atoms with E-state index in [2.05, 4.69) is 48.7 Å². The van der Waals surface area contributed by atoms with Gasteiger partial charge in [-0.3, -0.25) is 4.98 Å². The third kappa shape index (κ3) is 5.48. The van der Waals surface area contributed by atoms with E-state index < -0.39 is 0 Å². The molecule has 1 N–H and O–H groups in total. The van der Waals surface area contributed by atoms with Gasteiger partial charge in [0.2, 0.25) is 0 Å². The Balaban J connectivity index is 2.24. The van der Waals surface area contributed by atoms with Crippen LogP contribution in [0.2, 0.25) is 0 Å². The number of hydrogen-bond donors (Lipinski definition) is 1. The van der Waals surface area contributed by atoms with Crippen molar-refractivity contribution in [2.75, 3.05) is 18.1 Å². The number of nitrogens with zero attached hydrogens (tertiary/aromatic N) is 1. The van der Waals surface area contributed by atoms with Crippen LogP contribution in [0.5, 0.6) is 0 Å². The zero-order valence-electron chi connectivity index (χ0n) is 8.88. The van der Waals surface area contributed by atoms with E-state index in [0.717, 1.165) is 39.2 Å². The predicted molar refractivity (Wildman–Crippen MR) is 78.9 cm³/mol. The van der Waals surface area contributed by atoms with E-state index in [-0.39, 0.29) is 0 Å². The topological polar surface area (TPSA) is 24.9 Å². The van der Waals surface area contributed by atoms with Gasteiger partial charge >= 0.3 is 0 Å². The molecule has 0 bridgehead atoms. The SMILES string of the molecule is C=CCSCCNCc1ncc(Br)cc1Br. The van der Waals surface area contributed by atoms with Crippen molar-refractivity contribution in [3.63, 3.8) is 0 Å². The normalized spacial score (nSPS) is 10.4. The monoisotopic (exact) mass is 364 g/mol. The zero-order chi connectivity index (χ0) is 11.8. The maximum Gasteiger partial charge on any atom is 0.0684 e. The van der Waals surface area contributed by atoms with Crippen molar-refractivity contribution in [3.05, 3.63) is 39.6 Å². The fraction of sp³-hybridized carbons (Fsp3) is 0.364. The van der Waals surface area contributed by atoms with Gasteiger partial charge in [0.25, 0.3) is 0 Å². The molecule has 0 spiro atoms. The van der Waals surface area contributed by atoms with Gasteiger partial charge in [-0.2, -0.15) is 11.8 Å². The highest BCUT2D eigenvalue weighted by Crippen LogP contribution is 2.19. The minimum atomic E-state index is 0.794. The Bertz CT molecular complexity index is 345. The molecule has 0 amide bonds. The van der Waals surface area contributed by atoms with Gasteiger partial charge in [-0.25, -0.2) is 0 Å². The molecule has 0 atom stereocenters. The Morgan fingerprint density at radius 1 is 1.50 bits per heavy atom. The van der Waals surface area contributed by atoms with Crippen LogP contribution >= 0.6 is 43.6 Å². The van der Waals surface area contributed by atoms with Gasteiger partial charge in [0.1, 0.15) is 0 Å². The van der Waals surface area contributed by atoms with Crippen LogP contribution in [-0.4, -0.2) is 23.0 Å². The maximum absolute atomic E-state index is 4.33. The third-order valence-corrected chi connectivity index (χ3v) is 3.92. The Kier molecular flexibility index (Phi) is 7.36. The number of hydrogen-bond acceptors (Lipinski definition) is 3. The lowest BCUT2D eigenvalue weighted by molar-refractivity contribution is 0.712. The molecule has 0 aliphatic carbocycles. The molecule has 5 heteroatoms. The number of pyridine rings is 1. The van der Waals surface area contributed by atoms with E-state index in [1.165, 1.54) is 0 Å². The summed E-state index contributed by atoms with van der Waals surface area (Å²) >= 11 is 8.75. The van der Waals surface area contributed by atoms with Crippen LogP contribution in [0.15, 0.2) is 33.9 Å². The highest BCUT2D eigenvalue weighted by Gasteiger charge is 2.01. The molecule has 1 aromatic rings. The van der Waals surface area contributed by atoms with E-state index in [1.807, 2.05) is 30.1 Å². The lowest BCUT2D eigenvalue weighted by Crippen LogP contribution is -2.17. The molecule has 0 radical (unpaired) electrons. The van der Waals surface area contributed by atoms with Gasteiger partial charge in [0, 0.05) is 39.7 Å². The predicted octanol–water partition coefficient (Wildman–Crippen LogP) is 3.62. The summed E-state index contributed by atoms with van der Waals surface area (Å²) < 4.78 is 2.03. The van der Waals surface area contributed by atoms with Gasteiger partial charge in [-0.15, -0.1) is 6.58 Å². The van der Waals surface area contributed by atoms with Crippen molar-refractivity contribution in [2.45, 2.75) is 6.54 Å². The lowest BCUT2D eigenvalue weighted by atomic mass is 10.3. The van der Waals surface area contributed by atoms with E-state index in [1.54, 1.807) is 0 Å². The summed E-state index contributed by atoms with van der Waals surface area (Å²) in [5.41, 5.74) is 1.04. The number of halogens is 2. The fourth-order valence-electron chi connectivity index (χ4n) is 1.09. The standard InChI is InChI=1S/C11H14Br2N2S/c1-2-4-16-5-3-14-8-11-10(13)6-9(12)7-15-11/h2,6-7,14H,1,3-5,8H2. The number of nitrogens with one attached hydrogen (secondary N) is 1. The third-order valence-electron chi connectivity index (χ3n) is 1.84. The number of rotatable bonds is 7. The molecule has 0 saturated carbocycles. The maximum atomic E-state index is 4.33. The van der Waals surface area contributed by atoms with Crippen molar-refractivity contribution >= 4 is 43.6 Å². The molecule has 1 rings (SSSR count). The van der Waals surface area contributed by atoms with Crippen LogP contribution in [0.3, 0.4) is 0 Å². The first-order valence-electron chi connectivity index (χ1n) is 4.93. The van der Waals surface area contributed by atoms with Gasteiger partial charge in [0.05, 0.1) is 5.69 Å². The van der Waals surface area contributed by atoms with Gasteiger partial charge in [-0.1, -0.05) is 6.08 Å². The van der Waals surface area contributed by atoms with Crippen LogP contribution in [-0.2, 0) is 6.54 Å². The molecule has 0 aliphatic heterocycles. The highest BCUT2D eigenvalue weighted by atomic mass is 79.9. The van der Waals surface area contributed by atoms with E-state index in [4.69, 9.17) is 0 Å². The summed E-state index contributed by atoms with van der Waals surface area (Å²) in [6.45, 7) is 5.47. The van der Waals surface area contributed by atoms with Crippen molar-refractivity contribution in [1.29, 1.82) is 0 Å². The summed E-state index contributed by atoms with van der Waals surface area (Å²) in [6.07, 6.45) is 3.74. The first-order valence-corrected chi connectivity index (χ1v) is 7.67. The van der Waals surface area contributed by atoms with E-state index in [9.17, 15) is 0 Å². The molecule has 0 aliphatic rings. The molecule has 0 saturated heterocycles. The molecule has 1 heterocycles. The summed E-state index contributed by atoms with van der Waals surface area (Å²) in [6, 6.07) is 2.01. The smallest absolute Gasteiger partial charge is 0.0684 e. The molecule has 0 fully saturated rings.